The predicted molar refractivity (Wildman–Crippen MR) is 109 cm³/mol. The van der Waals surface area contributed by atoms with Gasteiger partial charge in [-0.3, -0.25) is 9.59 Å². The zero-order chi connectivity index (χ0) is 20.6. The summed E-state index contributed by atoms with van der Waals surface area (Å²) in [6.07, 6.45) is 2.60. The number of nitrogens with one attached hydrogen (secondary N) is 1. The topological polar surface area (TPSA) is 58.6 Å². The molecular weight excluding hydrogens is 371 g/mol. The van der Waals surface area contributed by atoms with Gasteiger partial charge in [0.05, 0.1) is 13.2 Å². The van der Waals surface area contributed by atoms with Crippen molar-refractivity contribution in [3.8, 4) is 5.75 Å². The van der Waals surface area contributed by atoms with Crippen LogP contribution in [0.5, 0.6) is 5.75 Å². The zero-order valence-electron chi connectivity index (χ0n) is 16.7. The molecule has 0 atom stereocenters. The maximum Gasteiger partial charge on any atom is 0.251 e. The first kappa shape index (κ1) is 20.8. The molecule has 1 aliphatic rings. The van der Waals surface area contributed by atoms with Crippen LogP contribution < -0.4 is 10.1 Å². The number of carbonyl (C=O) groups excluding carboxylic acids is 2. The average molecular weight is 398 g/mol. The van der Waals surface area contributed by atoms with E-state index in [9.17, 15) is 14.0 Å². The van der Waals surface area contributed by atoms with Crippen LogP contribution >= 0.6 is 0 Å². The molecular formula is C23H27FN2O3. The lowest BCUT2D eigenvalue weighted by Gasteiger charge is -2.32. The highest BCUT2D eigenvalue weighted by atomic mass is 19.1. The molecule has 2 aromatic rings. The third-order valence-electron chi connectivity index (χ3n) is 5.21. The highest BCUT2D eigenvalue weighted by molar-refractivity contribution is 5.96. The number of hydrogen-bond acceptors (Lipinski definition) is 3. The van der Waals surface area contributed by atoms with Crippen LogP contribution in [0.4, 0.5) is 4.39 Å². The first-order chi connectivity index (χ1) is 14.0. The molecule has 0 saturated carbocycles. The number of rotatable bonds is 7. The van der Waals surface area contributed by atoms with Crippen LogP contribution in [-0.2, 0) is 11.2 Å². The lowest BCUT2D eigenvalue weighted by molar-refractivity contribution is -0.131. The Balaban J connectivity index is 1.41. The van der Waals surface area contributed by atoms with Crippen LogP contribution in [0.15, 0.2) is 48.5 Å². The van der Waals surface area contributed by atoms with Crippen molar-refractivity contribution in [2.45, 2.75) is 26.2 Å². The number of piperidine rings is 1. The lowest BCUT2D eigenvalue weighted by atomic mass is 9.90. The Labute approximate surface area is 170 Å². The summed E-state index contributed by atoms with van der Waals surface area (Å²) < 4.78 is 18.7. The third-order valence-corrected chi connectivity index (χ3v) is 5.21. The van der Waals surface area contributed by atoms with E-state index in [1.54, 1.807) is 41.3 Å². The first-order valence-corrected chi connectivity index (χ1v) is 10.1. The summed E-state index contributed by atoms with van der Waals surface area (Å²) in [6.45, 7) is 3.78. The van der Waals surface area contributed by atoms with E-state index in [4.69, 9.17) is 4.74 Å². The zero-order valence-corrected chi connectivity index (χ0v) is 16.7. The van der Waals surface area contributed by atoms with Crippen LogP contribution in [0, 0.1) is 11.7 Å². The van der Waals surface area contributed by atoms with Gasteiger partial charge in [-0.15, -0.1) is 0 Å². The average Bonchev–Trinajstić information content (AvgIpc) is 2.73. The van der Waals surface area contributed by atoms with Gasteiger partial charge in [-0.1, -0.05) is 12.1 Å². The fourth-order valence-electron chi connectivity index (χ4n) is 3.62. The summed E-state index contributed by atoms with van der Waals surface area (Å²) >= 11 is 0. The molecule has 2 aromatic carbocycles. The van der Waals surface area contributed by atoms with Gasteiger partial charge in [-0.05, 0) is 74.1 Å². The molecule has 0 unspecified atom stereocenters. The molecule has 0 bridgehead atoms. The van der Waals surface area contributed by atoms with Crippen molar-refractivity contribution in [1.82, 2.24) is 10.2 Å². The van der Waals surface area contributed by atoms with Crippen LogP contribution in [0.2, 0.25) is 0 Å². The molecule has 154 valence electrons. The molecule has 0 radical (unpaired) electrons. The Bertz CT molecular complexity index is 830. The Morgan fingerprint density at radius 3 is 2.52 bits per heavy atom. The molecule has 3 rings (SSSR count). The van der Waals surface area contributed by atoms with Crippen molar-refractivity contribution in [3.63, 3.8) is 0 Å². The van der Waals surface area contributed by atoms with Gasteiger partial charge >= 0.3 is 0 Å². The second kappa shape index (κ2) is 10.0. The summed E-state index contributed by atoms with van der Waals surface area (Å²) in [5.74, 6) is 0.592. The molecule has 0 spiro atoms. The van der Waals surface area contributed by atoms with Gasteiger partial charge in [0.15, 0.2) is 0 Å². The summed E-state index contributed by atoms with van der Waals surface area (Å²) in [5, 5.41) is 2.69. The van der Waals surface area contributed by atoms with Crippen molar-refractivity contribution < 1.29 is 18.7 Å². The van der Waals surface area contributed by atoms with Gasteiger partial charge < -0.3 is 15.0 Å². The summed E-state index contributed by atoms with van der Waals surface area (Å²) in [4.78, 5) is 26.4. The molecule has 29 heavy (non-hydrogen) atoms. The van der Waals surface area contributed by atoms with Crippen molar-refractivity contribution >= 4 is 11.8 Å². The van der Waals surface area contributed by atoms with E-state index in [-0.39, 0.29) is 24.2 Å². The number of ether oxygens (including phenoxy) is 1. The normalized spacial score (nSPS) is 14.5. The molecule has 1 saturated heterocycles. The molecule has 0 aromatic heterocycles. The molecule has 1 N–H and O–H groups in total. The smallest absolute Gasteiger partial charge is 0.251 e. The second-order valence-electron chi connectivity index (χ2n) is 7.30. The van der Waals surface area contributed by atoms with E-state index in [1.807, 2.05) is 13.0 Å². The van der Waals surface area contributed by atoms with Crippen LogP contribution in [0.25, 0.3) is 0 Å². The lowest BCUT2D eigenvalue weighted by Crippen LogP contribution is -2.44. The van der Waals surface area contributed by atoms with E-state index in [1.165, 1.54) is 6.07 Å². The van der Waals surface area contributed by atoms with E-state index < -0.39 is 0 Å². The van der Waals surface area contributed by atoms with E-state index in [0.29, 0.717) is 36.9 Å². The van der Waals surface area contributed by atoms with Gasteiger partial charge in [0.1, 0.15) is 11.6 Å². The van der Waals surface area contributed by atoms with Gasteiger partial charge in [0.2, 0.25) is 5.91 Å². The molecule has 6 heteroatoms. The van der Waals surface area contributed by atoms with Crippen molar-refractivity contribution in [3.05, 3.63) is 65.5 Å². The highest BCUT2D eigenvalue weighted by Crippen LogP contribution is 2.22. The van der Waals surface area contributed by atoms with Crippen molar-refractivity contribution in [2.75, 3.05) is 26.2 Å². The largest absolute Gasteiger partial charge is 0.494 e. The van der Waals surface area contributed by atoms with Crippen molar-refractivity contribution in [2.24, 2.45) is 5.92 Å². The number of benzene rings is 2. The molecule has 5 nitrogen and oxygen atoms in total. The van der Waals surface area contributed by atoms with Crippen molar-refractivity contribution in [1.29, 1.82) is 0 Å². The molecule has 1 heterocycles. The Morgan fingerprint density at radius 1 is 1.14 bits per heavy atom. The first-order valence-electron chi connectivity index (χ1n) is 10.1. The van der Waals surface area contributed by atoms with E-state index in [2.05, 4.69) is 5.32 Å². The van der Waals surface area contributed by atoms with E-state index in [0.717, 1.165) is 24.8 Å². The molecule has 2 amide bonds. The Morgan fingerprint density at radius 2 is 1.86 bits per heavy atom. The standard InChI is InChI=1S/C23H27FN2O3/c1-2-29-21-8-6-19(7-9-21)23(28)25-16-22(27)26-12-10-17(11-13-26)14-18-4-3-5-20(24)15-18/h3-9,15,17H,2,10-14,16H2,1H3,(H,25,28). The minimum absolute atomic E-state index is 0.0133. The molecule has 1 aliphatic heterocycles. The number of likely N-dealkylation sites (tertiary alicyclic amines) is 1. The monoisotopic (exact) mass is 398 g/mol. The molecule has 0 aliphatic carbocycles. The van der Waals surface area contributed by atoms with Gasteiger partial charge in [-0.25, -0.2) is 4.39 Å². The maximum atomic E-state index is 13.3. The van der Waals surface area contributed by atoms with Gasteiger partial charge in [-0.2, -0.15) is 0 Å². The Kier molecular flexibility index (Phi) is 7.22. The third kappa shape index (κ3) is 6.04. The SMILES string of the molecule is CCOc1ccc(C(=O)NCC(=O)N2CCC(Cc3cccc(F)c3)CC2)cc1. The number of nitrogens with zero attached hydrogens (tertiary/aromatic N) is 1. The minimum Gasteiger partial charge on any atom is -0.494 e. The minimum atomic E-state index is -0.276. The van der Waals surface area contributed by atoms with Gasteiger partial charge in [0, 0.05) is 18.7 Å². The fraction of sp³-hybridized carbons (Fsp3) is 0.391. The maximum absolute atomic E-state index is 13.3. The summed E-state index contributed by atoms with van der Waals surface area (Å²) in [6, 6.07) is 13.5. The van der Waals surface area contributed by atoms with Crippen LogP contribution in [0.1, 0.15) is 35.7 Å². The number of carbonyl (C=O) groups is 2. The fourth-order valence-corrected chi connectivity index (χ4v) is 3.62. The summed E-state index contributed by atoms with van der Waals surface area (Å²) in [7, 11) is 0. The number of halogens is 1. The number of amides is 2. The van der Waals surface area contributed by atoms with E-state index >= 15 is 0 Å². The number of hydrogen-bond donors (Lipinski definition) is 1. The van der Waals surface area contributed by atoms with Gasteiger partial charge in [0.25, 0.3) is 5.91 Å². The quantitative estimate of drug-likeness (QED) is 0.777. The summed E-state index contributed by atoms with van der Waals surface area (Å²) in [5.41, 5.74) is 1.49. The van der Waals surface area contributed by atoms with Crippen LogP contribution in [-0.4, -0.2) is 43.0 Å². The molecule has 1 fully saturated rings. The second-order valence-corrected chi connectivity index (χ2v) is 7.30. The Hall–Kier alpha value is -2.89. The van der Waals surface area contributed by atoms with Crippen LogP contribution in [0.3, 0.4) is 0 Å². The predicted octanol–water partition coefficient (Wildman–Crippen LogP) is 3.44. The highest BCUT2D eigenvalue weighted by Gasteiger charge is 2.23.